The Bertz CT molecular complexity index is 1650. The summed E-state index contributed by atoms with van der Waals surface area (Å²) < 4.78 is 17.7. The second-order valence-electron chi connectivity index (χ2n) is 13.2. The van der Waals surface area contributed by atoms with E-state index in [0.29, 0.717) is 30.9 Å². The van der Waals surface area contributed by atoms with E-state index in [1.165, 1.54) is 0 Å². The Labute approximate surface area is 276 Å². The van der Waals surface area contributed by atoms with Crippen molar-refractivity contribution in [1.82, 2.24) is 4.90 Å². The number of benzene rings is 3. The van der Waals surface area contributed by atoms with Crippen molar-refractivity contribution in [2.45, 2.75) is 50.2 Å². The van der Waals surface area contributed by atoms with Crippen molar-refractivity contribution in [3.8, 4) is 5.75 Å². The number of fused-ring (bicyclic) bond motifs is 2. The van der Waals surface area contributed by atoms with Crippen LogP contribution >= 0.6 is 0 Å². The van der Waals surface area contributed by atoms with E-state index >= 15 is 0 Å². The topological polar surface area (TPSA) is 109 Å². The average Bonchev–Trinajstić information content (AvgIpc) is 3.70. The molecule has 3 heterocycles. The van der Waals surface area contributed by atoms with Crippen molar-refractivity contribution in [2.75, 3.05) is 50.3 Å². The third kappa shape index (κ3) is 5.60. The number of amides is 3. The maximum atomic E-state index is 14.5. The lowest BCUT2D eigenvalue weighted by atomic mass is 9.82. The molecule has 0 saturated carbocycles. The lowest BCUT2D eigenvalue weighted by molar-refractivity contribution is -0.149. The van der Waals surface area contributed by atoms with Crippen molar-refractivity contribution in [3.05, 3.63) is 83.9 Å². The van der Waals surface area contributed by atoms with E-state index in [4.69, 9.17) is 14.2 Å². The van der Waals surface area contributed by atoms with Crippen LogP contribution in [0.2, 0.25) is 18.6 Å². The van der Waals surface area contributed by atoms with Gasteiger partial charge in [0.1, 0.15) is 12.4 Å². The van der Waals surface area contributed by atoms with Gasteiger partial charge in [0.15, 0.2) is 5.60 Å². The van der Waals surface area contributed by atoms with Gasteiger partial charge in [0.05, 0.1) is 46.5 Å². The molecule has 0 aromatic heterocycles. The van der Waals surface area contributed by atoms with Gasteiger partial charge in [-0.25, -0.2) is 4.79 Å². The quantitative estimate of drug-likeness (QED) is 0.325. The van der Waals surface area contributed by atoms with Crippen molar-refractivity contribution in [1.29, 1.82) is 0 Å². The number of carbonyl (C=O) groups is 3. The molecule has 11 heteroatoms. The Balaban J connectivity index is 1.42. The maximum absolute atomic E-state index is 14.5. The highest BCUT2D eigenvalue weighted by Gasteiger charge is 2.66. The Hall–Kier alpha value is -4.19. The first kappa shape index (κ1) is 32.7. The number of hydrogen-bond donors (Lipinski definition) is 1. The van der Waals surface area contributed by atoms with Gasteiger partial charge in [-0.2, -0.15) is 0 Å². The monoisotopic (exact) mass is 657 g/mol. The molecule has 47 heavy (non-hydrogen) atoms. The maximum Gasteiger partial charge on any atom is 0.414 e. The summed E-state index contributed by atoms with van der Waals surface area (Å²) in [6, 6.07) is 23.4. The molecule has 3 aromatic carbocycles. The van der Waals surface area contributed by atoms with Gasteiger partial charge in [0.25, 0.3) is 5.91 Å². The summed E-state index contributed by atoms with van der Waals surface area (Å²) in [5.41, 5.74) is 1.53. The lowest BCUT2D eigenvalue weighted by Gasteiger charge is -2.37. The molecular weight excluding hydrogens is 614 g/mol. The number of nitrogens with zero attached hydrogens (tertiary/aromatic N) is 3. The molecule has 0 unspecified atom stereocenters. The first-order valence-corrected chi connectivity index (χ1v) is 19.2. The predicted molar refractivity (Wildman–Crippen MR) is 182 cm³/mol. The molecule has 3 aromatic rings. The molecule has 2 fully saturated rings. The third-order valence-corrected chi connectivity index (χ3v) is 14.7. The fourth-order valence-electron chi connectivity index (χ4n) is 7.92. The smallest absolute Gasteiger partial charge is 0.414 e. The van der Waals surface area contributed by atoms with Gasteiger partial charge in [0, 0.05) is 37.3 Å². The van der Waals surface area contributed by atoms with Crippen LogP contribution in [0, 0.1) is 5.92 Å². The fraction of sp³-hybridized carbons (Fsp3) is 0.417. The number of ether oxygens (including phenoxy) is 3. The van der Waals surface area contributed by atoms with Gasteiger partial charge in [0.2, 0.25) is 5.91 Å². The second kappa shape index (κ2) is 12.8. The SMILES string of the molecule is COc1ccc([Si](C)(C)[C@@H]2[C@@H](CC(=O)N(CCO)Cc3ccccc3)O[C@]3(C(=O)N(C)c4ccc(N5CCOC5=O)cc43)[C@H]2C)cc1. The average molecular weight is 658 g/mol. The summed E-state index contributed by atoms with van der Waals surface area (Å²) in [6.07, 6.45) is -0.948. The first-order valence-electron chi connectivity index (χ1n) is 16.1. The minimum absolute atomic E-state index is 0.0562. The molecule has 3 aliphatic heterocycles. The van der Waals surface area contributed by atoms with E-state index in [1.54, 1.807) is 28.9 Å². The number of anilines is 2. The van der Waals surface area contributed by atoms with E-state index in [1.807, 2.05) is 60.7 Å². The van der Waals surface area contributed by atoms with Gasteiger partial charge in [-0.05, 0) is 41.4 Å². The number of rotatable bonds is 10. The molecular formula is C36H43N3O7Si. The van der Waals surface area contributed by atoms with Crippen LogP contribution in [0.3, 0.4) is 0 Å². The number of aliphatic hydroxyl groups is 1. The van der Waals surface area contributed by atoms with E-state index in [0.717, 1.165) is 22.2 Å². The predicted octanol–water partition coefficient (Wildman–Crippen LogP) is 4.26. The van der Waals surface area contributed by atoms with Crippen LogP contribution in [0.4, 0.5) is 16.2 Å². The lowest BCUT2D eigenvalue weighted by Crippen LogP contribution is -2.52. The highest BCUT2D eigenvalue weighted by atomic mass is 28.3. The normalized spacial score (nSPS) is 23.7. The Morgan fingerprint density at radius 3 is 2.45 bits per heavy atom. The Morgan fingerprint density at radius 2 is 1.81 bits per heavy atom. The summed E-state index contributed by atoms with van der Waals surface area (Å²) in [4.78, 5) is 46.0. The molecule has 4 atom stereocenters. The zero-order valence-electron chi connectivity index (χ0n) is 27.6. The van der Waals surface area contributed by atoms with Crippen LogP contribution < -0.4 is 19.7 Å². The molecule has 1 spiro atoms. The van der Waals surface area contributed by atoms with E-state index in [-0.39, 0.29) is 42.8 Å². The molecule has 3 amide bonds. The molecule has 0 bridgehead atoms. The van der Waals surface area contributed by atoms with Crippen LogP contribution in [0.25, 0.3) is 0 Å². The molecule has 3 aliphatic rings. The number of aliphatic hydroxyl groups excluding tert-OH is 1. The molecule has 0 radical (unpaired) electrons. The summed E-state index contributed by atoms with van der Waals surface area (Å²) >= 11 is 0. The summed E-state index contributed by atoms with van der Waals surface area (Å²) in [5, 5.41) is 11.1. The van der Waals surface area contributed by atoms with Crippen molar-refractivity contribution < 1.29 is 33.7 Å². The highest BCUT2D eigenvalue weighted by molar-refractivity contribution is 6.91. The van der Waals surface area contributed by atoms with Crippen LogP contribution in [-0.4, -0.2) is 82.6 Å². The number of likely N-dealkylation sites (N-methyl/N-ethyl adjacent to an activating group) is 1. The Morgan fingerprint density at radius 1 is 1.09 bits per heavy atom. The molecule has 1 N–H and O–H groups in total. The van der Waals surface area contributed by atoms with Crippen LogP contribution in [0.5, 0.6) is 5.75 Å². The van der Waals surface area contributed by atoms with Gasteiger partial charge in [-0.15, -0.1) is 0 Å². The van der Waals surface area contributed by atoms with Crippen molar-refractivity contribution in [3.63, 3.8) is 0 Å². The van der Waals surface area contributed by atoms with E-state index in [9.17, 15) is 19.5 Å². The highest BCUT2D eigenvalue weighted by Crippen LogP contribution is 2.60. The van der Waals surface area contributed by atoms with Crippen molar-refractivity contribution in [2.24, 2.45) is 5.92 Å². The van der Waals surface area contributed by atoms with E-state index in [2.05, 4.69) is 32.2 Å². The van der Waals surface area contributed by atoms with Crippen LogP contribution in [0.15, 0.2) is 72.8 Å². The molecule has 2 saturated heterocycles. The van der Waals surface area contributed by atoms with Crippen LogP contribution in [0.1, 0.15) is 24.5 Å². The third-order valence-electron chi connectivity index (χ3n) is 10.3. The van der Waals surface area contributed by atoms with Gasteiger partial charge >= 0.3 is 6.09 Å². The minimum Gasteiger partial charge on any atom is -0.497 e. The number of methoxy groups -OCH3 is 1. The second-order valence-corrected chi connectivity index (χ2v) is 17.9. The van der Waals surface area contributed by atoms with Gasteiger partial charge in [-0.1, -0.05) is 67.7 Å². The molecule has 10 nitrogen and oxygen atoms in total. The number of carbonyl (C=O) groups excluding carboxylic acids is 3. The minimum atomic E-state index is -2.47. The van der Waals surface area contributed by atoms with Gasteiger partial charge in [-0.3, -0.25) is 14.5 Å². The molecule has 248 valence electrons. The first-order chi connectivity index (χ1) is 22.5. The van der Waals surface area contributed by atoms with E-state index < -0.39 is 25.9 Å². The summed E-state index contributed by atoms with van der Waals surface area (Å²) in [5.74, 6) is 0.125. The standard InChI is InChI=1S/C36H43N3O7Si/c1-24-33(47(4,5)28-14-12-27(44-3)13-15-28)31(22-32(41)38(17-19-40)23-25-9-7-6-8-10-25)46-36(24)29-21-26(39-18-20-45-35(39)43)11-16-30(29)37(2)34(36)42/h6-16,21,24,31,33,40H,17-20,22-23H2,1-5H3/t24-,31+,33-,36+/m0/s1. The summed E-state index contributed by atoms with van der Waals surface area (Å²) in [7, 11) is 0.911. The number of hydrogen-bond acceptors (Lipinski definition) is 7. The number of cyclic esters (lactones) is 1. The zero-order valence-corrected chi connectivity index (χ0v) is 28.6. The zero-order chi connectivity index (χ0) is 33.5. The molecule has 0 aliphatic carbocycles. The van der Waals surface area contributed by atoms with Gasteiger partial charge < -0.3 is 29.1 Å². The largest absolute Gasteiger partial charge is 0.497 e. The Kier molecular flexibility index (Phi) is 8.90. The fourth-order valence-corrected chi connectivity index (χ4v) is 11.9. The summed E-state index contributed by atoms with van der Waals surface area (Å²) in [6.45, 7) is 7.71. The molecule has 6 rings (SSSR count). The van der Waals surface area contributed by atoms with Crippen molar-refractivity contribution >= 4 is 42.5 Å². The van der Waals surface area contributed by atoms with Crippen LogP contribution in [-0.2, 0) is 31.2 Å².